The molecule has 1 amide bonds. The number of piperazine rings is 1. The Balaban J connectivity index is 1.30. The average Bonchev–Trinajstić information content (AvgIpc) is 3.64. The van der Waals surface area contributed by atoms with Gasteiger partial charge >= 0.3 is 0 Å². The number of pyridine rings is 1. The number of aromatic nitrogens is 1. The molecule has 0 radical (unpaired) electrons. The fourth-order valence-corrected chi connectivity index (χ4v) is 5.44. The maximum atomic E-state index is 14.0. The number of aryl methyl sites for hydroxylation is 1. The topological polar surface area (TPSA) is 42.9 Å². The van der Waals surface area contributed by atoms with E-state index in [1.807, 2.05) is 24.1 Å². The van der Waals surface area contributed by atoms with Crippen LogP contribution >= 0.6 is 0 Å². The molecule has 33 heavy (non-hydrogen) atoms. The Morgan fingerprint density at radius 2 is 1.73 bits per heavy atom. The lowest BCUT2D eigenvalue weighted by molar-refractivity contribution is -0.138. The van der Waals surface area contributed by atoms with Gasteiger partial charge in [-0.05, 0) is 68.4 Å². The average molecular weight is 448 g/mol. The Bertz CT molecular complexity index is 959. The molecule has 1 spiro atoms. The van der Waals surface area contributed by atoms with Gasteiger partial charge in [-0.3, -0.25) is 19.6 Å². The first-order chi connectivity index (χ1) is 15.9. The summed E-state index contributed by atoms with van der Waals surface area (Å²) in [5, 5.41) is 0. The van der Waals surface area contributed by atoms with E-state index >= 15 is 0 Å². The molecule has 0 unspecified atom stereocenters. The molecule has 176 valence electrons. The number of carbonyl (C=O) groups excluding carboxylic acids is 1. The Hall–Kier alpha value is -2.44. The fraction of sp³-hybridized carbons (Fsp3) is 0.556. The van der Waals surface area contributed by atoms with Crippen molar-refractivity contribution in [3.05, 3.63) is 53.9 Å². The largest absolute Gasteiger partial charge is 0.378 e. The number of hydrogen-bond donors (Lipinski definition) is 0. The van der Waals surface area contributed by atoms with E-state index in [2.05, 4.69) is 64.1 Å². The molecule has 1 aliphatic carbocycles. The van der Waals surface area contributed by atoms with Gasteiger partial charge in [-0.25, -0.2) is 0 Å². The molecule has 2 saturated heterocycles. The third-order valence-electron chi connectivity index (χ3n) is 7.77. The molecule has 3 fully saturated rings. The van der Waals surface area contributed by atoms with Crippen LogP contribution < -0.4 is 9.80 Å². The summed E-state index contributed by atoms with van der Waals surface area (Å²) in [7, 11) is 4.15. The van der Waals surface area contributed by atoms with Crippen molar-refractivity contribution in [2.45, 2.75) is 44.7 Å². The highest BCUT2D eigenvalue weighted by atomic mass is 16.2. The van der Waals surface area contributed by atoms with Crippen LogP contribution in [0, 0.1) is 12.8 Å². The van der Waals surface area contributed by atoms with Crippen molar-refractivity contribution >= 4 is 17.3 Å². The highest BCUT2D eigenvalue weighted by molar-refractivity contribution is 6.01. The van der Waals surface area contributed by atoms with E-state index in [0.717, 1.165) is 69.4 Å². The molecule has 2 aliphatic heterocycles. The van der Waals surface area contributed by atoms with Crippen molar-refractivity contribution < 1.29 is 4.79 Å². The van der Waals surface area contributed by atoms with E-state index in [0.29, 0.717) is 0 Å². The smallest absolute Gasteiger partial charge is 0.247 e. The maximum Gasteiger partial charge on any atom is 0.247 e. The third kappa shape index (κ3) is 4.64. The minimum absolute atomic E-state index is 0.287. The summed E-state index contributed by atoms with van der Waals surface area (Å²) in [4.78, 5) is 27.7. The van der Waals surface area contributed by atoms with Gasteiger partial charge in [0, 0.05) is 64.7 Å². The molecule has 3 heterocycles. The summed E-state index contributed by atoms with van der Waals surface area (Å²) in [5.74, 6) is 1.07. The summed E-state index contributed by atoms with van der Waals surface area (Å²) in [5.41, 5.74) is 4.13. The zero-order valence-electron chi connectivity index (χ0n) is 20.3. The molecule has 3 aliphatic rings. The second-order valence-electron chi connectivity index (χ2n) is 10.4. The van der Waals surface area contributed by atoms with Gasteiger partial charge in [-0.15, -0.1) is 0 Å². The maximum absolute atomic E-state index is 14.0. The van der Waals surface area contributed by atoms with E-state index in [1.54, 1.807) is 0 Å². The van der Waals surface area contributed by atoms with Gasteiger partial charge in [-0.2, -0.15) is 0 Å². The first-order valence-electron chi connectivity index (χ1n) is 12.4. The summed E-state index contributed by atoms with van der Waals surface area (Å²) >= 11 is 0. The highest BCUT2D eigenvalue weighted by Gasteiger charge is 2.51. The number of hydrogen-bond acceptors (Lipinski definition) is 5. The quantitative estimate of drug-likeness (QED) is 0.678. The second kappa shape index (κ2) is 9.07. The lowest BCUT2D eigenvalue weighted by atomic mass is 9.81. The number of carbonyl (C=O) groups is 1. The van der Waals surface area contributed by atoms with Gasteiger partial charge in [-0.1, -0.05) is 12.1 Å². The van der Waals surface area contributed by atoms with Crippen molar-refractivity contribution in [2.75, 3.05) is 56.6 Å². The molecule has 6 nitrogen and oxygen atoms in total. The molecule has 6 heteroatoms. The van der Waals surface area contributed by atoms with Gasteiger partial charge in [0.2, 0.25) is 5.91 Å². The number of anilines is 2. The van der Waals surface area contributed by atoms with Crippen LogP contribution in [0.1, 0.15) is 36.9 Å². The molecular formula is C27H37N5O. The van der Waals surface area contributed by atoms with Crippen molar-refractivity contribution in [1.29, 1.82) is 0 Å². The predicted molar refractivity (Wildman–Crippen MR) is 134 cm³/mol. The van der Waals surface area contributed by atoms with Crippen LogP contribution in [-0.4, -0.2) is 73.0 Å². The van der Waals surface area contributed by atoms with Crippen LogP contribution in [0.25, 0.3) is 0 Å². The van der Waals surface area contributed by atoms with Crippen molar-refractivity contribution in [3.63, 3.8) is 0 Å². The molecule has 0 N–H and O–H groups in total. The molecule has 0 bridgehead atoms. The van der Waals surface area contributed by atoms with Gasteiger partial charge in [0.1, 0.15) is 5.54 Å². The normalized spacial score (nSPS) is 21.5. The molecule has 5 rings (SSSR count). The highest BCUT2D eigenvalue weighted by Crippen LogP contribution is 2.39. The molecular weight excluding hydrogens is 410 g/mol. The van der Waals surface area contributed by atoms with Gasteiger partial charge < -0.3 is 9.80 Å². The minimum atomic E-state index is -0.364. The van der Waals surface area contributed by atoms with Crippen LogP contribution in [0.5, 0.6) is 0 Å². The second-order valence-corrected chi connectivity index (χ2v) is 10.4. The van der Waals surface area contributed by atoms with Gasteiger partial charge in [0.25, 0.3) is 0 Å². The van der Waals surface area contributed by atoms with Crippen LogP contribution in [0.3, 0.4) is 0 Å². The fourth-order valence-electron chi connectivity index (χ4n) is 5.44. The monoisotopic (exact) mass is 447 g/mol. The predicted octanol–water partition coefficient (Wildman–Crippen LogP) is 3.55. The van der Waals surface area contributed by atoms with E-state index in [-0.39, 0.29) is 11.4 Å². The van der Waals surface area contributed by atoms with E-state index in [9.17, 15) is 4.79 Å². The summed E-state index contributed by atoms with van der Waals surface area (Å²) in [6.07, 6.45) is 6.32. The molecule has 1 aromatic carbocycles. The Morgan fingerprint density at radius 1 is 1.00 bits per heavy atom. The number of piperidine rings is 1. The lowest BCUT2D eigenvalue weighted by Gasteiger charge is -2.53. The third-order valence-corrected chi connectivity index (χ3v) is 7.77. The molecule has 1 saturated carbocycles. The van der Waals surface area contributed by atoms with Crippen molar-refractivity contribution in [3.8, 4) is 0 Å². The van der Waals surface area contributed by atoms with Crippen LogP contribution in [-0.2, 0) is 11.3 Å². The molecule has 1 aromatic heterocycles. The molecule has 0 atom stereocenters. The van der Waals surface area contributed by atoms with E-state index in [1.165, 1.54) is 24.1 Å². The number of likely N-dealkylation sites (tertiary alicyclic amines) is 1. The van der Waals surface area contributed by atoms with Crippen molar-refractivity contribution in [2.24, 2.45) is 5.92 Å². The first-order valence-corrected chi connectivity index (χ1v) is 12.4. The Kier molecular flexibility index (Phi) is 6.14. The van der Waals surface area contributed by atoms with Crippen LogP contribution in [0.4, 0.5) is 11.4 Å². The zero-order chi connectivity index (χ0) is 23.0. The number of benzene rings is 1. The standard InChI is InChI=1S/C27H37N5O/c1-21-4-9-25(18-28-21)32-17-16-31(20-23-5-6-23)27(26(32)33)12-14-30(15-13-27)19-22-7-10-24(11-8-22)29(2)3/h4,7-11,18,23H,5-6,12-17,19-20H2,1-3H3. The van der Waals surface area contributed by atoms with Crippen LogP contribution in [0.15, 0.2) is 42.6 Å². The Morgan fingerprint density at radius 3 is 2.33 bits per heavy atom. The summed E-state index contributed by atoms with van der Waals surface area (Å²) in [6.45, 7) is 7.67. The SMILES string of the molecule is Cc1ccc(N2CCN(CC3CC3)C3(CCN(Cc4ccc(N(C)C)cc4)CC3)C2=O)cn1. The number of amides is 1. The summed E-state index contributed by atoms with van der Waals surface area (Å²) < 4.78 is 0. The lowest BCUT2D eigenvalue weighted by Crippen LogP contribution is -2.69. The summed E-state index contributed by atoms with van der Waals surface area (Å²) in [6, 6.07) is 12.9. The van der Waals surface area contributed by atoms with Crippen molar-refractivity contribution in [1.82, 2.24) is 14.8 Å². The number of nitrogens with zero attached hydrogens (tertiary/aromatic N) is 5. The van der Waals surface area contributed by atoms with Crippen LogP contribution in [0.2, 0.25) is 0 Å². The minimum Gasteiger partial charge on any atom is -0.378 e. The first kappa shape index (κ1) is 22.4. The van der Waals surface area contributed by atoms with E-state index in [4.69, 9.17) is 0 Å². The zero-order valence-corrected chi connectivity index (χ0v) is 20.3. The van der Waals surface area contributed by atoms with E-state index < -0.39 is 0 Å². The number of rotatable bonds is 6. The van der Waals surface area contributed by atoms with Gasteiger partial charge in [0.05, 0.1) is 11.9 Å². The van der Waals surface area contributed by atoms with Gasteiger partial charge in [0.15, 0.2) is 0 Å². The molecule has 2 aromatic rings. The Labute approximate surface area is 198 Å².